The quantitative estimate of drug-likeness (QED) is 0.923. The summed E-state index contributed by atoms with van der Waals surface area (Å²) in [7, 11) is 0. The zero-order valence-corrected chi connectivity index (χ0v) is 14.0. The number of rotatable bonds is 4. The molecule has 1 aromatic carbocycles. The van der Waals surface area contributed by atoms with Gasteiger partial charge in [-0.25, -0.2) is 0 Å². The van der Waals surface area contributed by atoms with Crippen LogP contribution in [0.3, 0.4) is 0 Å². The largest absolute Gasteiger partial charge is 0.481 e. The van der Waals surface area contributed by atoms with Crippen molar-refractivity contribution in [3.63, 3.8) is 0 Å². The van der Waals surface area contributed by atoms with Crippen LogP contribution in [0.1, 0.15) is 61.3 Å². The Morgan fingerprint density at radius 1 is 1.22 bits per heavy atom. The molecule has 0 radical (unpaired) electrons. The number of amides is 1. The maximum atomic E-state index is 12.8. The van der Waals surface area contributed by atoms with Crippen LogP contribution in [0, 0.1) is 19.3 Å². The van der Waals surface area contributed by atoms with Crippen molar-refractivity contribution in [2.24, 2.45) is 5.41 Å². The van der Waals surface area contributed by atoms with Crippen molar-refractivity contribution < 1.29 is 14.7 Å². The molecule has 0 bridgehead atoms. The molecule has 2 fully saturated rings. The summed E-state index contributed by atoms with van der Waals surface area (Å²) in [5, 5.41) is 9.45. The average Bonchev–Trinajstić information content (AvgIpc) is 2.94. The molecule has 3 rings (SSSR count). The molecule has 1 aliphatic heterocycles. The van der Waals surface area contributed by atoms with Crippen LogP contribution < -0.4 is 0 Å². The Morgan fingerprint density at radius 2 is 1.96 bits per heavy atom. The predicted molar refractivity (Wildman–Crippen MR) is 88.1 cm³/mol. The van der Waals surface area contributed by atoms with E-state index in [1.54, 1.807) is 0 Å². The van der Waals surface area contributed by atoms with Gasteiger partial charge in [-0.1, -0.05) is 24.6 Å². The van der Waals surface area contributed by atoms with E-state index in [0.29, 0.717) is 12.8 Å². The summed E-state index contributed by atoms with van der Waals surface area (Å²) >= 11 is 0. The van der Waals surface area contributed by atoms with E-state index in [2.05, 4.69) is 32.0 Å². The molecule has 1 saturated carbocycles. The molecule has 0 spiro atoms. The fraction of sp³-hybridized carbons (Fsp3) is 0.579. The van der Waals surface area contributed by atoms with Crippen LogP contribution in [0.2, 0.25) is 0 Å². The number of carboxylic acids is 1. The highest BCUT2D eigenvalue weighted by Gasteiger charge is 2.47. The lowest BCUT2D eigenvalue weighted by molar-refractivity contribution is -0.159. The monoisotopic (exact) mass is 315 g/mol. The molecule has 1 heterocycles. The number of likely N-dealkylation sites (tertiary alicyclic amines) is 1. The SMILES string of the molecule is Cc1ccc(C2CCCN2C(=O)CC2(C(=O)O)CCC2)cc1C. The second-order valence-electron chi connectivity index (χ2n) is 7.20. The lowest BCUT2D eigenvalue weighted by Crippen LogP contribution is -2.43. The molecule has 1 N–H and O–H groups in total. The van der Waals surface area contributed by atoms with Crippen LogP contribution in [-0.2, 0) is 9.59 Å². The molecule has 1 unspecified atom stereocenters. The van der Waals surface area contributed by atoms with Gasteiger partial charge < -0.3 is 10.0 Å². The van der Waals surface area contributed by atoms with Crippen molar-refractivity contribution in [2.75, 3.05) is 6.54 Å². The highest BCUT2D eigenvalue weighted by molar-refractivity contribution is 5.86. The summed E-state index contributed by atoms with van der Waals surface area (Å²) in [6.07, 6.45) is 4.30. The molecule has 124 valence electrons. The summed E-state index contributed by atoms with van der Waals surface area (Å²) in [5.74, 6) is -0.799. The standard InChI is InChI=1S/C19H25NO3/c1-13-6-7-15(11-14(13)2)16-5-3-10-20(16)17(21)12-19(18(22)23)8-4-9-19/h6-7,11,16H,3-5,8-10,12H2,1-2H3,(H,22,23). The number of nitrogens with zero attached hydrogens (tertiary/aromatic N) is 1. The van der Waals surface area contributed by atoms with Crippen molar-refractivity contribution in [3.05, 3.63) is 34.9 Å². The number of hydrogen-bond donors (Lipinski definition) is 1. The highest BCUT2D eigenvalue weighted by atomic mass is 16.4. The first-order valence-corrected chi connectivity index (χ1v) is 8.53. The number of aliphatic carboxylic acids is 1. The van der Waals surface area contributed by atoms with E-state index in [-0.39, 0.29) is 18.4 Å². The zero-order valence-electron chi connectivity index (χ0n) is 14.0. The number of aryl methyl sites for hydroxylation is 2. The van der Waals surface area contributed by atoms with Gasteiger partial charge in [-0.2, -0.15) is 0 Å². The van der Waals surface area contributed by atoms with Crippen molar-refractivity contribution in [2.45, 2.75) is 58.4 Å². The first-order chi connectivity index (χ1) is 10.9. The third-order valence-electron chi connectivity index (χ3n) is 5.74. The van der Waals surface area contributed by atoms with Gasteiger partial charge in [-0.3, -0.25) is 9.59 Å². The van der Waals surface area contributed by atoms with Gasteiger partial charge in [0.1, 0.15) is 0 Å². The van der Waals surface area contributed by atoms with Crippen LogP contribution >= 0.6 is 0 Å². The first-order valence-electron chi connectivity index (χ1n) is 8.53. The van der Waals surface area contributed by atoms with E-state index in [1.165, 1.54) is 16.7 Å². The van der Waals surface area contributed by atoms with E-state index < -0.39 is 11.4 Å². The molecule has 4 heteroatoms. The third-order valence-corrected chi connectivity index (χ3v) is 5.74. The number of carbonyl (C=O) groups excluding carboxylic acids is 1. The Balaban J connectivity index is 1.77. The minimum Gasteiger partial charge on any atom is -0.481 e. The topological polar surface area (TPSA) is 57.6 Å². The summed E-state index contributed by atoms with van der Waals surface area (Å²) in [4.78, 5) is 26.2. The van der Waals surface area contributed by atoms with Crippen LogP contribution in [0.25, 0.3) is 0 Å². The van der Waals surface area contributed by atoms with Gasteiger partial charge in [0.15, 0.2) is 0 Å². The summed E-state index contributed by atoms with van der Waals surface area (Å²) < 4.78 is 0. The second kappa shape index (κ2) is 5.99. The minimum atomic E-state index is -0.806. The van der Waals surface area contributed by atoms with Crippen LogP contribution in [0.15, 0.2) is 18.2 Å². The average molecular weight is 315 g/mol. The van der Waals surface area contributed by atoms with E-state index in [9.17, 15) is 14.7 Å². The van der Waals surface area contributed by atoms with Gasteiger partial charge in [-0.15, -0.1) is 0 Å². The fourth-order valence-electron chi connectivity index (χ4n) is 3.84. The van der Waals surface area contributed by atoms with Crippen molar-refractivity contribution in [1.29, 1.82) is 0 Å². The molecule has 2 aliphatic rings. The van der Waals surface area contributed by atoms with E-state index in [1.807, 2.05) is 4.90 Å². The predicted octanol–water partition coefficient (Wildman–Crippen LogP) is 3.61. The Hall–Kier alpha value is -1.84. The number of hydrogen-bond acceptors (Lipinski definition) is 2. The van der Waals surface area contributed by atoms with E-state index in [0.717, 1.165) is 25.8 Å². The molecule has 1 atom stereocenters. The van der Waals surface area contributed by atoms with Gasteiger partial charge in [0, 0.05) is 13.0 Å². The zero-order chi connectivity index (χ0) is 16.6. The minimum absolute atomic E-state index is 0.00725. The Labute approximate surface area is 137 Å². The lowest BCUT2D eigenvalue weighted by Gasteiger charge is -2.38. The normalized spacial score (nSPS) is 22.7. The maximum Gasteiger partial charge on any atom is 0.310 e. The molecule has 0 aromatic heterocycles. The Kier molecular flexibility index (Phi) is 4.17. The molecule has 1 amide bonds. The molecule has 1 saturated heterocycles. The van der Waals surface area contributed by atoms with Gasteiger partial charge in [0.2, 0.25) is 5.91 Å². The number of benzene rings is 1. The molecular weight excluding hydrogens is 290 g/mol. The van der Waals surface area contributed by atoms with Crippen LogP contribution in [-0.4, -0.2) is 28.4 Å². The number of carboxylic acid groups (broad SMARTS) is 1. The third kappa shape index (κ3) is 2.87. The second-order valence-corrected chi connectivity index (χ2v) is 7.20. The molecule has 1 aromatic rings. The van der Waals surface area contributed by atoms with Gasteiger partial charge in [0.25, 0.3) is 0 Å². The molecular formula is C19H25NO3. The first kappa shape index (κ1) is 16.0. The van der Waals surface area contributed by atoms with Crippen LogP contribution in [0.4, 0.5) is 0 Å². The van der Waals surface area contributed by atoms with Crippen molar-refractivity contribution >= 4 is 11.9 Å². The molecule has 1 aliphatic carbocycles. The summed E-state index contributed by atoms with van der Waals surface area (Å²) in [5.41, 5.74) is 2.87. The highest BCUT2D eigenvalue weighted by Crippen LogP contribution is 2.45. The van der Waals surface area contributed by atoms with Crippen molar-refractivity contribution in [1.82, 2.24) is 4.90 Å². The summed E-state index contributed by atoms with van der Waals surface area (Å²) in [6.45, 7) is 4.92. The molecule has 23 heavy (non-hydrogen) atoms. The Morgan fingerprint density at radius 3 is 2.52 bits per heavy atom. The lowest BCUT2D eigenvalue weighted by atomic mass is 9.66. The fourth-order valence-corrected chi connectivity index (χ4v) is 3.84. The Bertz CT molecular complexity index is 634. The van der Waals surface area contributed by atoms with Gasteiger partial charge >= 0.3 is 5.97 Å². The molecule has 4 nitrogen and oxygen atoms in total. The van der Waals surface area contributed by atoms with E-state index >= 15 is 0 Å². The van der Waals surface area contributed by atoms with E-state index in [4.69, 9.17) is 0 Å². The number of carbonyl (C=O) groups is 2. The maximum absolute atomic E-state index is 12.8. The van der Waals surface area contributed by atoms with Gasteiger partial charge in [-0.05, 0) is 56.2 Å². The van der Waals surface area contributed by atoms with Crippen LogP contribution in [0.5, 0.6) is 0 Å². The van der Waals surface area contributed by atoms with Gasteiger partial charge in [0.05, 0.1) is 11.5 Å². The van der Waals surface area contributed by atoms with Crippen molar-refractivity contribution in [3.8, 4) is 0 Å². The smallest absolute Gasteiger partial charge is 0.310 e. The summed E-state index contributed by atoms with van der Waals surface area (Å²) in [6, 6.07) is 6.49.